The summed E-state index contributed by atoms with van der Waals surface area (Å²) in [6, 6.07) is 8.17. The maximum absolute atomic E-state index is 5.96. The second kappa shape index (κ2) is 10.5. The van der Waals surface area contributed by atoms with Gasteiger partial charge in [0.15, 0.2) is 5.96 Å². The Labute approximate surface area is 179 Å². The molecule has 0 saturated heterocycles. The van der Waals surface area contributed by atoms with Gasteiger partial charge in [-0.15, -0.1) is 24.0 Å². The molecule has 0 bridgehead atoms. The van der Waals surface area contributed by atoms with Gasteiger partial charge in [0, 0.05) is 7.05 Å². The van der Waals surface area contributed by atoms with Gasteiger partial charge in [-0.1, -0.05) is 39.0 Å². The van der Waals surface area contributed by atoms with Gasteiger partial charge in [-0.3, -0.25) is 4.99 Å². The van der Waals surface area contributed by atoms with Crippen molar-refractivity contribution in [1.82, 2.24) is 15.6 Å². The van der Waals surface area contributed by atoms with E-state index in [1.165, 1.54) is 5.56 Å². The summed E-state index contributed by atoms with van der Waals surface area (Å²) in [5.41, 5.74) is 2.17. The van der Waals surface area contributed by atoms with Crippen LogP contribution in [0.1, 0.15) is 43.7 Å². The van der Waals surface area contributed by atoms with Crippen molar-refractivity contribution in [2.45, 2.75) is 46.6 Å². The van der Waals surface area contributed by atoms with Gasteiger partial charge in [0.25, 0.3) is 0 Å². The SMILES string of the molecule is CN=C(NCCOc1ccccc1C(C)(C)C)NCc1nc(C)c(C)o1.I. The zero-order valence-corrected chi connectivity index (χ0v) is 19.4. The first kappa shape index (κ1) is 23.3. The number of oxazole rings is 1. The summed E-state index contributed by atoms with van der Waals surface area (Å²) in [6.07, 6.45) is 0. The number of hydrogen-bond donors (Lipinski definition) is 2. The molecule has 1 aromatic carbocycles. The van der Waals surface area contributed by atoms with Crippen LogP contribution in [0.2, 0.25) is 0 Å². The molecule has 1 aromatic heterocycles. The Kier molecular flexibility index (Phi) is 9.08. The van der Waals surface area contributed by atoms with Crippen LogP contribution in [0.15, 0.2) is 33.7 Å². The number of hydrogen-bond acceptors (Lipinski definition) is 4. The van der Waals surface area contributed by atoms with Crippen LogP contribution in [0.4, 0.5) is 0 Å². The average molecular weight is 486 g/mol. The van der Waals surface area contributed by atoms with Gasteiger partial charge in [0.05, 0.1) is 18.8 Å². The first-order chi connectivity index (χ1) is 12.3. The lowest BCUT2D eigenvalue weighted by molar-refractivity contribution is 0.313. The highest BCUT2D eigenvalue weighted by Crippen LogP contribution is 2.30. The van der Waals surface area contributed by atoms with Gasteiger partial charge in [-0.05, 0) is 30.9 Å². The van der Waals surface area contributed by atoms with E-state index in [0.29, 0.717) is 31.5 Å². The smallest absolute Gasteiger partial charge is 0.214 e. The minimum atomic E-state index is 0. The van der Waals surface area contributed by atoms with Gasteiger partial charge in [-0.25, -0.2) is 4.98 Å². The number of aromatic nitrogens is 1. The Morgan fingerprint density at radius 3 is 2.48 bits per heavy atom. The van der Waals surface area contributed by atoms with Crippen molar-refractivity contribution in [3.63, 3.8) is 0 Å². The minimum absolute atomic E-state index is 0. The molecule has 6 nitrogen and oxygen atoms in total. The second-order valence-electron chi connectivity index (χ2n) is 7.20. The molecule has 2 N–H and O–H groups in total. The predicted molar refractivity (Wildman–Crippen MR) is 120 cm³/mol. The summed E-state index contributed by atoms with van der Waals surface area (Å²) >= 11 is 0. The first-order valence-corrected chi connectivity index (χ1v) is 8.91. The monoisotopic (exact) mass is 486 g/mol. The highest BCUT2D eigenvalue weighted by atomic mass is 127. The molecule has 1 heterocycles. The average Bonchev–Trinajstić information content (AvgIpc) is 2.91. The van der Waals surface area contributed by atoms with Gasteiger partial charge in [0.2, 0.25) is 5.89 Å². The van der Waals surface area contributed by atoms with Crippen molar-refractivity contribution in [3.05, 3.63) is 47.2 Å². The zero-order chi connectivity index (χ0) is 19.2. The van der Waals surface area contributed by atoms with Crippen LogP contribution >= 0.6 is 24.0 Å². The van der Waals surface area contributed by atoms with E-state index in [4.69, 9.17) is 9.15 Å². The van der Waals surface area contributed by atoms with E-state index in [-0.39, 0.29) is 29.4 Å². The fourth-order valence-corrected chi connectivity index (χ4v) is 2.54. The maximum atomic E-state index is 5.96. The Bertz CT molecular complexity index is 731. The molecule has 0 aliphatic rings. The lowest BCUT2D eigenvalue weighted by Crippen LogP contribution is -2.39. The molecule has 2 rings (SSSR count). The third kappa shape index (κ3) is 7.04. The highest BCUT2D eigenvalue weighted by Gasteiger charge is 2.18. The summed E-state index contributed by atoms with van der Waals surface area (Å²) < 4.78 is 11.5. The molecular formula is C20H31IN4O2. The Balaban J connectivity index is 0.00000364. The number of nitrogens with zero attached hydrogens (tertiary/aromatic N) is 2. The van der Waals surface area contributed by atoms with Crippen molar-refractivity contribution in [2.24, 2.45) is 4.99 Å². The van der Waals surface area contributed by atoms with Gasteiger partial charge >= 0.3 is 0 Å². The molecular weight excluding hydrogens is 455 g/mol. The number of aliphatic imine (C=N–C) groups is 1. The number of rotatable bonds is 6. The first-order valence-electron chi connectivity index (χ1n) is 8.91. The number of para-hydroxylation sites is 1. The third-order valence-corrected chi connectivity index (χ3v) is 4.05. The van der Waals surface area contributed by atoms with Crippen molar-refractivity contribution in [3.8, 4) is 5.75 Å². The molecule has 0 aliphatic heterocycles. The lowest BCUT2D eigenvalue weighted by atomic mass is 9.86. The van der Waals surface area contributed by atoms with E-state index in [9.17, 15) is 0 Å². The second-order valence-corrected chi connectivity index (χ2v) is 7.20. The Hall–Kier alpha value is -1.77. The van der Waals surface area contributed by atoms with Crippen molar-refractivity contribution in [2.75, 3.05) is 20.2 Å². The summed E-state index contributed by atoms with van der Waals surface area (Å²) in [7, 11) is 1.73. The van der Waals surface area contributed by atoms with Gasteiger partial charge in [-0.2, -0.15) is 0 Å². The summed E-state index contributed by atoms with van der Waals surface area (Å²) in [5.74, 6) is 3.11. The lowest BCUT2D eigenvalue weighted by Gasteiger charge is -2.22. The predicted octanol–water partition coefficient (Wildman–Crippen LogP) is 3.95. The molecule has 0 unspecified atom stereocenters. The van der Waals surface area contributed by atoms with E-state index in [0.717, 1.165) is 17.2 Å². The van der Waals surface area contributed by atoms with Crippen molar-refractivity contribution >= 4 is 29.9 Å². The third-order valence-electron chi connectivity index (χ3n) is 4.05. The van der Waals surface area contributed by atoms with E-state index in [1.54, 1.807) is 7.05 Å². The van der Waals surface area contributed by atoms with E-state index in [2.05, 4.69) is 47.4 Å². The molecule has 0 atom stereocenters. The van der Waals surface area contributed by atoms with Crippen LogP contribution in [0.5, 0.6) is 5.75 Å². The van der Waals surface area contributed by atoms with Gasteiger partial charge in [0.1, 0.15) is 18.1 Å². The van der Waals surface area contributed by atoms with Crippen LogP contribution < -0.4 is 15.4 Å². The van der Waals surface area contributed by atoms with Crippen LogP contribution in [0.25, 0.3) is 0 Å². The van der Waals surface area contributed by atoms with E-state index in [1.807, 2.05) is 32.0 Å². The van der Waals surface area contributed by atoms with Crippen molar-refractivity contribution < 1.29 is 9.15 Å². The number of nitrogens with one attached hydrogen (secondary N) is 2. The van der Waals surface area contributed by atoms with Crippen LogP contribution in [-0.4, -0.2) is 31.1 Å². The molecule has 0 amide bonds. The Morgan fingerprint density at radius 2 is 1.89 bits per heavy atom. The fourth-order valence-electron chi connectivity index (χ4n) is 2.54. The molecule has 27 heavy (non-hydrogen) atoms. The molecule has 2 aromatic rings. The van der Waals surface area contributed by atoms with E-state index >= 15 is 0 Å². The molecule has 0 aliphatic carbocycles. The van der Waals surface area contributed by atoms with E-state index < -0.39 is 0 Å². The molecule has 0 radical (unpaired) electrons. The number of ether oxygens (including phenoxy) is 1. The van der Waals surface area contributed by atoms with Crippen LogP contribution in [-0.2, 0) is 12.0 Å². The summed E-state index contributed by atoms with van der Waals surface area (Å²) in [6.45, 7) is 12.1. The molecule has 0 spiro atoms. The van der Waals surface area contributed by atoms with Crippen LogP contribution in [0.3, 0.4) is 0 Å². The Morgan fingerprint density at radius 1 is 1.19 bits per heavy atom. The summed E-state index contributed by atoms with van der Waals surface area (Å²) in [4.78, 5) is 8.55. The van der Waals surface area contributed by atoms with Gasteiger partial charge < -0.3 is 19.8 Å². The molecule has 7 heteroatoms. The number of guanidine groups is 1. The summed E-state index contributed by atoms with van der Waals surface area (Å²) in [5, 5.41) is 6.42. The highest BCUT2D eigenvalue weighted by molar-refractivity contribution is 14.0. The van der Waals surface area contributed by atoms with Crippen LogP contribution in [0, 0.1) is 13.8 Å². The molecule has 150 valence electrons. The van der Waals surface area contributed by atoms with Crippen molar-refractivity contribution in [1.29, 1.82) is 0 Å². The minimum Gasteiger partial charge on any atom is -0.491 e. The topological polar surface area (TPSA) is 71.7 Å². The number of benzene rings is 1. The number of aryl methyl sites for hydroxylation is 2. The quantitative estimate of drug-likeness (QED) is 0.280. The standard InChI is InChI=1S/C20H30N4O2.HI/c1-14-15(2)26-18(24-14)13-23-19(21-6)22-11-12-25-17-10-8-7-9-16(17)20(3,4)5;/h7-10H,11-13H2,1-6H3,(H2,21,22,23);1H. The molecule has 0 saturated carbocycles. The fraction of sp³-hybridized carbons (Fsp3) is 0.500. The largest absolute Gasteiger partial charge is 0.491 e. The normalized spacial score (nSPS) is 11.7. The zero-order valence-electron chi connectivity index (χ0n) is 17.0. The maximum Gasteiger partial charge on any atom is 0.214 e. The molecule has 0 fully saturated rings. The number of halogens is 1.